The molecule has 0 aliphatic rings. The molecule has 3 rings (SSSR count). The zero-order valence-electron chi connectivity index (χ0n) is 14.6. The van der Waals surface area contributed by atoms with Gasteiger partial charge in [-0.3, -0.25) is 0 Å². The summed E-state index contributed by atoms with van der Waals surface area (Å²) >= 11 is 11.8. The fourth-order valence-corrected chi connectivity index (χ4v) is 3.84. The number of esters is 1. The fraction of sp³-hybridized carbons (Fsp3) is 0.105. The first-order valence-electron chi connectivity index (χ1n) is 8.03. The number of aromatic nitrogens is 2. The lowest BCUT2D eigenvalue weighted by molar-refractivity contribution is 0.0727. The number of hydrogen-bond acceptors (Lipinski definition) is 6. The summed E-state index contributed by atoms with van der Waals surface area (Å²) in [4.78, 5) is 20.0. The molecular weight excluding hydrogens is 423 g/mol. The number of sulfone groups is 1. The summed E-state index contributed by atoms with van der Waals surface area (Å²) in [5.74, 6) is -0.927. The second-order valence-electron chi connectivity index (χ2n) is 5.94. The van der Waals surface area contributed by atoms with Gasteiger partial charge in [-0.05, 0) is 42.3 Å². The van der Waals surface area contributed by atoms with Gasteiger partial charge in [0.05, 0.1) is 17.0 Å². The minimum atomic E-state index is -3.91. The van der Waals surface area contributed by atoms with E-state index < -0.39 is 21.0 Å². The number of aryl methyl sites for hydroxylation is 1. The number of nitrogens with zero attached hydrogens (tertiary/aromatic N) is 2. The Labute approximate surface area is 172 Å². The minimum Gasteiger partial charge on any atom is -0.422 e. The van der Waals surface area contributed by atoms with Crippen LogP contribution in [0.25, 0.3) is 0 Å². The molecular formula is C19H14Cl2N2O4S. The summed E-state index contributed by atoms with van der Waals surface area (Å²) in [6.45, 7) is 1.84. The Hall–Kier alpha value is -2.48. The van der Waals surface area contributed by atoms with Crippen LogP contribution in [-0.4, -0.2) is 24.4 Å². The number of ether oxygens (including phenoxy) is 1. The molecule has 0 amide bonds. The van der Waals surface area contributed by atoms with Gasteiger partial charge < -0.3 is 4.74 Å². The van der Waals surface area contributed by atoms with Gasteiger partial charge in [-0.15, -0.1) is 0 Å². The Morgan fingerprint density at radius 1 is 1.11 bits per heavy atom. The lowest BCUT2D eigenvalue weighted by Gasteiger charge is -2.08. The SMILES string of the molecule is Cc1cccc(OC(=O)c2nc(S(=O)(=O)Cc3ccc(Cl)cc3)ncc2Cl)c1. The molecule has 1 aromatic heterocycles. The van der Waals surface area contributed by atoms with Crippen LogP contribution in [0.4, 0.5) is 0 Å². The molecule has 0 aliphatic heterocycles. The number of carbonyl (C=O) groups is 1. The molecule has 0 atom stereocenters. The van der Waals surface area contributed by atoms with Crippen LogP contribution >= 0.6 is 23.2 Å². The van der Waals surface area contributed by atoms with E-state index in [4.69, 9.17) is 27.9 Å². The Morgan fingerprint density at radius 2 is 1.82 bits per heavy atom. The first-order valence-corrected chi connectivity index (χ1v) is 10.4. The minimum absolute atomic E-state index is 0.108. The van der Waals surface area contributed by atoms with Gasteiger partial charge in [0, 0.05) is 5.02 Å². The maximum Gasteiger partial charge on any atom is 0.364 e. The Kier molecular flexibility index (Phi) is 5.98. The molecule has 2 aromatic carbocycles. The van der Waals surface area contributed by atoms with Crippen LogP contribution in [0.5, 0.6) is 5.75 Å². The predicted molar refractivity (Wildman–Crippen MR) is 106 cm³/mol. The number of rotatable bonds is 5. The van der Waals surface area contributed by atoms with E-state index >= 15 is 0 Å². The van der Waals surface area contributed by atoms with Gasteiger partial charge in [0.15, 0.2) is 5.69 Å². The van der Waals surface area contributed by atoms with Crippen molar-refractivity contribution in [2.75, 3.05) is 0 Å². The highest BCUT2D eigenvalue weighted by Crippen LogP contribution is 2.21. The highest BCUT2D eigenvalue weighted by molar-refractivity contribution is 7.90. The Morgan fingerprint density at radius 3 is 2.50 bits per heavy atom. The van der Waals surface area contributed by atoms with Crippen LogP contribution in [0.15, 0.2) is 59.9 Å². The molecule has 6 nitrogen and oxygen atoms in total. The van der Waals surface area contributed by atoms with Crippen molar-refractivity contribution >= 4 is 39.0 Å². The van der Waals surface area contributed by atoms with E-state index in [2.05, 4.69) is 9.97 Å². The van der Waals surface area contributed by atoms with E-state index in [1.807, 2.05) is 13.0 Å². The average Bonchev–Trinajstić information content (AvgIpc) is 2.63. The van der Waals surface area contributed by atoms with E-state index in [9.17, 15) is 13.2 Å². The van der Waals surface area contributed by atoms with Crippen LogP contribution in [-0.2, 0) is 15.6 Å². The van der Waals surface area contributed by atoms with E-state index in [-0.39, 0.29) is 16.5 Å². The third kappa shape index (κ3) is 4.86. The van der Waals surface area contributed by atoms with Crippen molar-refractivity contribution in [1.29, 1.82) is 0 Å². The third-order valence-corrected chi connectivity index (χ3v) is 5.66. The van der Waals surface area contributed by atoms with Crippen LogP contribution in [0.2, 0.25) is 10.0 Å². The monoisotopic (exact) mass is 436 g/mol. The third-order valence-electron chi connectivity index (χ3n) is 3.66. The van der Waals surface area contributed by atoms with Crippen molar-refractivity contribution < 1.29 is 17.9 Å². The van der Waals surface area contributed by atoms with E-state index in [0.29, 0.717) is 16.3 Å². The lowest BCUT2D eigenvalue weighted by atomic mass is 10.2. The molecule has 0 saturated heterocycles. The molecule has 0 unspecified atom stereocenters. The van der Waals surface area contributed by atoms with Crippen molar-refractivity contribution in [3.8, 4) is 5.75 Å². The van der Waals surface area contributed by atoms with Crippen molar-refractivity contribution in [1.82, 2.24) is 9.97 Å². The van der Waals surface area contributed by atoms with E-state index in [1.165, 1.54) is 0 Å². The van der Waals surface area contributed by atoms with Gasteiger partial charge in [-0.2, -0.15) is 0 Å². The smallest absolute Gasteiger partial charge is 0.364 e. The van der Waals surface area contributed by atoms with Gasteiger partial charge in [0.25, 0.3) is 0 Å². The highest BCUT2D eigenvalue weighted by atomic mass is 35.5. The topological polar surface area (TPSA) is 86.2 Å². The van der Waals surface area contributed by atoms with Crippen molar-refractivity contribution in [2.24, 2.45) is 0 Å². The number of carbonyl (C=O) groups excluding carboxylic acids is 1. The van der Waals surface area contributed by atoms with Gasteiger partial charge in [0.2, 0.25) is 15.0 Å². The molecule has 9 heteroatoms. The maximum atomic E-state index is 12.6. The summed E-state index contributed by atoms with van der Waals surface area (Å²) in [5.41, 5.74) is 1.07. The maximum absolute atomic E-state index is 12.6. The molecule has 0 fully saturated rings. The largest absolute Gasteiger partial charge is 0.422 e. The number of hydrogen-bond donors (Lipinski definition) is 0. The van der Waals surface area contributed by atoms with Crippen LogP contribution < -0.4 is 4.74 Å². The van der Waals surface area contributed by atoms with E-state index in [1.54, 1.807) is 42.5 Å². The van der Waals surface area contributed by atoms with Crippen LogP contribution in [0.3, 0.4) is 0 Å². The number of benzene rings is 2. The molecule has 1 heterocycles. The molecule has 0 N–H and O–H groups in total. The molecule has 0 radical (unpaired) electrons. The second-order valence-corrected chi connectivity index (χ2v) is 8.67. The van der Waals surface area contributed by atoms with Crippen molar-refractivity contribution in [2.45, 2.75) is 17.8 Å². The van der Waals surface area contributed by atoms with Gasteiger partial charge in [0.1, 0.15) is 5.75 Å². The highest BCUT2D eigenvalue weighted by Gasteiger charge is 2.24. The summed E-state index contributed by atoms with van der Waals surface area (Å²) in [6.07, 6.45) is 1.07. The lowest BCUT2D eigenvalue weighted by Crippen LogP contribution is -2.16. The summed E-state index contributed by atoms with van der Waals surface area (Å²) in [5, 5.41) is -0.129. The van der Waals surface area contributed by atoms with Crippen LogP contribution in [0.1, 0.15) is 21.6 Å². The summed E-state index contributed by atoms with van der Waals surface area (Å²) in [7, 11) is -3.91. The van der Waals surface area contributed by atoms with Crippen LogP contribution in [0, 0.1) is 6.92 Å². The van der Waals surface area contributed by atoms with Crippen molar-refractivity contribution in [3.05, 3.63) is 81.6 Å². The zero-order valence-corrected chi connectivity index (χ0v) is 16.9. The Balaban J connectivity index is 1.87. The molecule has 3 aromatic rings. The molecule has 144 valence electrons. The molecule has 0 bridgehead atoms. The first-order chi connectivity index (χ1) is 13.2. The quantitative estimate of drug-likeness (QED) is 0.336. The fourth-order valence-electron chi connectivity index (χ4n) is 2.34. The number of halogens is 2. The predicted octanol–water partition coefficient (Wildman–Crippen LogP) is 4.28. The van der Waals surface area contributed by atoms with Gasteiger partial charge >= 0.3 is 5.97 Å². The molecule has 0 saturated carbocycles. The zero-order chi connectivity index (χ0) is 20.3. The summed E-state index contributed by atoms with van der Waals surface area (Å²) < 4.78 is 30.5. The average molecular weight is 437 g/mol. The standard InChI is InChI=1S/C19H14Cl2N2O4S/c1-12-3-2-4-15(9-12)27-18(24)17-16(21)10-22-19(23-17)28(25,26)11-13-5-7-14(20)8-6-13/h2-10H,11H2,1H3. The molecule has 0 spiro atoms. The molecule has 0 aliphatic carbocycles. The first kappa shape index (κ1) is 20.3. The van der Waals surface area contributed by atoms with Gasteiger partial charge in [-0.25, -0.2) is 23.2 Å². The van der Waals surface area contributed by atoms with Crippen molar-refractivity contribution in [3.63, 3.8) is 0 Å². The molecule has 28 heavy (non-hydrogen) atoms. The second kappa shape index (κ2) is 8.26. The van der Waals surface area contributed by atoms with Gasteiger partial charge in [-0.1, -0.05) is 47.5 Å². The van der Waals surface area contributed by atoms with E-state index in [0.717, 1.165) is 11.8 Å². The Bertz CT molecular complexity index is 1130. The summed E-state index contributed by atoms with van der Waals surface area (Å²) in [6, 6.07) is 13.2. The normalized spacial score (nSPS) is 11.2.